The molecule has 0 heterocycles. The van der Waals surface area contributed by atoms with E-state index in [-0.39, 0.29) is 11.9 Å². The van der Waals surface area contributed by atoms with Crippen LogP contribution in [-0.4, -0.2) is 36.0 Å². The number of hydrogen-bond acceptors (Lipinski definition) is 2. The number of nitrogens with one attached hydrogen (secondary N) is 2. The first-order chi connectivity index (χ1) is 10.1. The Labute approximate surface area is 125 Å². The third-order valence-corrected chi connectivity index (χ3v) is 3.65. The van der Waals surface area contributed by atoms with Crippen LogP contribution in [0, 0.1) is 6.92 Å². The molecule has 0 atom stereocenters. The molecule has 0 aromatic heterocycles. The van der Waals surface area contributed by atoms with E-state index in [1.54, 1.807) is 11.8 Å². The summed E-state index contributed by atoms with van der Waals surface area (Å²) in [5, 5.41) is 5.66. The lowest BCUT2D eigenvalue weighted by Gasteiger charge is -2.22. The van der Waals surface area contributed by atoms with Crippen molar-refractivity contribution in [3.8, 4) is 0 Å². The maximum Gasteiger partial charge on any atom is 0.315 e. The molecular formula is C16H23N3O2. The Balaban J connectivity index is 1.80. The topological polar surface area (TPSA) is 61.4 Å². The van der Waals surface area contributed by atoms with Gasteiger partial charge in [-0.1, -0.05) is 24.3 Å². The summed E-state index contributed by atoms with van der Waals surface area (Å²) in [7, 11) is 0. The van der Waals surface area contributed by atoms with E-state index in [0.717, 1.165) is 18.4 Å². The van der Waals surface area contributed by atoms with E-state index in [4.69, 9.17) is 0 Å². The van der Waals surface area contributed by atoms with Crippen molar-refractivity contribution in [3.63, 3.8) is 0 Å². The highest BCUT2D eigenvalue weighted by Crippen LogP contribution is 2.18. The van der Waals surface area contributed by atoms with Gasteiger partial charge in [-0.15, -0.1) is 0 Å². The molecule has 0 saturated heterocycles. The van der Waals surface area contributed by atoms with E-state index in [1.165, 1.54) is 5.56 Å². The fourth-order valence-corrected chi connectivity index (χ4v) is 2.11. The van der Waals surface area contributed by atoms with E-state index in [0.29, 0.717) is 25.7 Å². The minimum atomic E-state index is -0.142. The van der Waals surface area contributed by atoms with Gasteiger partial charge in [-0.3, -0.25) is 4.79 Å². The first-order valence-corrected chi connectivity index (χ1v) is 7.40. The Morgan fingerprint density at radius 3 is 2.62 bits per heavy atom. The van der Waals surface area contributed by atoms with Crippen LogP contribution in [0.15, 0.2) is 24.3 Å². The molecule has 3 amide bonds. The number of carbonyl (C=O) groups excluding carboxylic acids is 2. The van der Waals surface area contributed by atoms with Crippen LogP contribution >= 0.6 is 0 Å². The average Bonchev–Trinajstić information content (AvgIpc) is 3.23. The van der Waals surface area contributed by atoms with E-state index in [1.807, 2.05) is 31.2 Å². The van der Waals surface area contributed by atoms with Gasteiger partial charge >= 0.3 is 6.03 Å². The van der Waals surface area contributed by atoms with Gasteiger partial charge in [0.15, 0.2) is 0 Å². The molecule has 2 rings (SSSR count). The summed E-state index contributed by atoms with van der Waals surface area (Å²) in [6, 6.07) is 8.23. The maximum absolute atomic E-state index is 11.7. The van der Waals surface area contributed by atoms with E-state index < -0.39 is 0 Å². The van der Waals surface area contributed by atoms with Gasteiger partial charge in [0.25, 0.3) is 0 Å². The molecule has 0 radical (unpaired) electrons. The third-order valence-electron chi connectivity index (χ3n) is 3.65. The summed E-state index contributed by atoms with van der Waals surface area (Å²) >= 11 is 0. The Kier molecular flexibility index (Phi) is 5.20. The first-order valence-electron chi connectivity index (χ1n) is 7.40. The molecule has 1 saturated carbocycles. The molecule has 2 N–H and O–H groups in total. The summed E-state index contributed by atoms with van der Waals surface area (Å²) in [6.45, 7) is 5.15. The molecule has 0 aliphatic heterocycles. The molecule has 5 nitrogen and oxygen atoms in total. The quantitative estimate of drug-likeness (QED) is 0.839. The number of benzene rings is 1. The summed E-state index contributed by atoms with van der Waals surface area (Å²) in [5.74, 6) is 0.0163. The third kappa shape index (κ3) is 5.10. The van der Waals surface area contributed by atoms with Gasteiger partial charge in [-0.05, 0) is 30.9 Å². The highest BCUT2D eigenvalue weighted by molar-refractivity contribution is 5.75. The molecule has 5 heteroatoms. The summed E-state index contributed by atoms with van der Waals surface area (Å²) in [4.78, 5) is 25.0. The van der Waals surface area contributed by atoms with Crippen molar-refractivity contribution in [2.45, 2.75) is 39.3 Å². The molecule has 114 valence electrons. The van der Waals surface area contributed by atoms with Crippen LogP contribution in [0.1, 0.15) is 30.9 Å². The fourth-order valence-electron chi connectivity index (χ4n) is 2.11. The zero-order valence-corrected chi connectivity index (χ0v) is 12.7. The van der Waals surface area contributed by atoms with Crippen molar-refractivity contribution in [2.24, 2.45) is 0 Å². The molecule has 1 aliphatic rings. The number of carbonyl (C=O) groups is 2. The zero-order valence-electron chi connectivity index (χ0n) is 12.7. The predicted octanol–water partition coefficient (Wildman–Crippen LogP) is 1.81. The largest absolute Gasteiger partial charge is 0.337 e. The van der Waals surface area contributed by atoms with Gasteiger partial charge in [0.1, 0.15) is 0 Å². The molecule has 1 aromatic carbocycles. The highest BCUT2D eigenvalue weighted by atomic mass is 16.2. The summed E-state index contributed by atoms with van der Waals surface area (Å²) in [6.07, 6.45) is 2.14. The van der Waals surface area contributed by atoms with Gasteiger partial charge in [-0.2, -0.15) is 0 Å². The van der Waals surface area contributed by atoms with Crippen LogP contribution in [-0.2, 0) is 11.3 Å². The molecule has 1 aromatic rings. The fraction of sp³-hybridized carbons (Fsp3) is 0.500. The second kappa shape index (κ2) is 7.11. The molecule has 21 heavy (non-hydrogen) atoms. The number of hydrogen-bond donors (Lipinski definition) is 2. The second-order valence-electron chi connectivity index (χ2n) is 5.54. The number of amides is 3. The van der Waals surface area contributed by atoms with Gasteiger partial charge < -0.3 is 15.5 Å². The molecule has 0 spiro atoms. The molecule has 1 fully saturated rings. The van der Waals surface area contributed by atoms with Gasteiger partial charge in [0.05, 0.1) is 0 Å². The van der Waals surface area contributed by atoms with Crippen molar-refractivity contribution in [1.29, 1.82) is 0 Å². The molecule has 0 unspecified atom stereocenters. The molecular weight excluding hydrogens is 266 g/mol. The van der Waals surface area contributed by atoms with Crippen LogP contribution < -0.4 is 10.6 Å². The minimum absolute atomic E-state index is 0.0163. The zero-order chi connectivity index (χ0) is 15.2. The lowest BCUT2D eigenvalue weighted by Crippen LogP contribution is -2.42. The maximum atomic E-state index is 11.7. The van der Waals surface area contributed by atoms with Crippen LogP contribution in [0.25, 0.3) is 0 Å². The Morgan fingerprint density at radius 2 is 2.00 bits per heavy atom. The predicted molar refractivity (Wildman–Crippen MR) is 81.8 cm³/mol. The SMILES string of the molecule is CC(=O)N(CCNC(=O)NC1CC1)Cc1ccccc1C. The van der Waals surface area contributed by atoms with Crippen LogP contribution in [0.3, 0.4) is 0 Å². The molecule has 1 aliphatic carbocycles. The lowest BCUT2D eigenvalue weighted by molar-refractivity contribution is -0.129. The van der Waals surface area contributed by atoms with Crippen molar-refractivity contribution >= 4 is 11.9 Å². The average molecular weight is 289 g/mol. The number of urea groups is 1. The minimum Gasteiger partial charge on any atom is -0.337 e. The van der Waals surface area contributed by atoms with E-state index in [2.05, 4.69) is 10.6 Å². The monoisotopic (exact) mass is 289 g/mol. The smallest absolute Gasteiger partial charge is 0.315 e. The van der Waals surface area contributed by atoms with Crippen LogP contribution in [0.2, 0.25) is 0 Å². The van der Waals surface area contributed by atoms with Crippen molar-refractivity contribution < 1.29 is 9.59 Å². The second-order valence-corrected chi connectivity index (χ2v) is 5.54. The van der Waals surface area contributed by atoms with E-state index >= 15 is 0 Å². The van der Waals surface area contributed by atoms with E-state index in [9.17, 15) is 9.59 Å². The normalized spacial score (nSPS) is 13.6. The van der Waals surface area contributed by atoms with Crippen molar-refractivity contribution in [1.82, 2.24) is 15.5 Å². The highest BCUT2D eigenvalue weighted by Gasteiger charge is 2.23. The Morgan fingerprint density at radius 1 is 1.29 bits per heavy atom. The number of rotatable bonds is 6. The lowest BCUT2D eigenvalue weighted by atomic mass is 10.1. The van der Waals surface area contributed by atoms with Crippen molar-refractivity contribution in [3.05, 3.63) is 35.4 Å². The van der Waals surface area contributed by atoms with Crippen LogP contribution in [0.4, 0.5) is 4.79 Å². The number of nitrogens with zero attached hydrogens (tertiary/aromatic N) is 1. The summed E-state index contributed by atoms with van der Waals surface area (Å²) in [5.41, 5.74) is 2.30. The Bertz CT molecular complexity index is 512. The molecule has 0 bridgehead atoms. The van der Waals surface area contributed by atoms with Crippen molar-refractivity contribution in [2.75, 3.05) is 13.1 Å². The van der Waals surface area contributed by atoms with Gasteiger partial charge in [-0.25, -0.2) is 4.79 Å². The summed E-state index contributed by atoms with van der Waals surface area (Å²) < 4.78 is 0. The first kappa shape index (κ1) is 15.4. The number of aryl methyl sites for hydroxylation is 1. The van der Waals surface area contributed by atoms with Gasteiger partial charge in [0.2, 0.25) is 5.91 Å². The van der Waals surface area contributed by atoms with Gasteiger partial charge in [0, 0.05) is 32.6 Å². The standard InChI is InChI=1S/C16H23N3O2/c1-12-5-3-4-6-14(12)11-19(13(2)20)10-9-17-16(21)18-15-7-8-15/h3-6,15H,7-11H2,1-2H3,(H2,17,18,21). The van der Waals surface area contributed by atoms with Crippen LogP contribution in [0.5, 0.6) is 0 Å². The Hall–Kier alpha value is -2.04.